The van der Waals surface area contributed by atoms with E-state index in [0.717, 1.165) is 4.90 Å². The van der Waals surface area contributed by atoms with Crippen LogP contribution in [0.3, 0.4) is 0 Å². The maximum absolute atomic E-state index is 10.4. The summed E-state index contributed by atoms with van der Waals surface area (Å²) in [6.45, 7) is 3.79. The van der Waals surface area contributed by atoms with Gasteiger partial charge < -0.3 is 9.47 Å². The van der Waals surface area contributed by atoms with Crippen molar-refractivity contribution in [1.29, 1.82) is 0 Å². The molecule has 0 amide bonds. The molecule has 0 saturated heterocycles. The summed E-state index contributed by atoms with van der Waals surface area (Å²) in [5.41, 5.74) is 0.103. The molecule has 17 heavy (non-hydrogen) atoms. The Morgan fingerprint density at radius 3 is 2.47 bits per heavy atom. The molecule has 1 aromatic carbocycles. The number of non-ortho nitro benzene ring substituents is 1. The monoisotopic (exact) mass is 257 g/mol. The first-order valence-electron chi connectivity index (χ1n) is 5.26. The fraction of sp³-hybridized carbons (Fsp3) is 0.455. The van der Waals surface area contributed by atoms with E-state index < -0.39 is 4.92 Å². The standard InChI is InChI=1S/C11H15NO4S/c1-2-15-7-8-16-9-17-11-5-3-10(4-6-11)12(13)14/h3-6H,2,7-9H2,1H3. The quantitative estimate of drug-likeness (QED) is 0.235. The third kappa shape index (κ3) is 5.67. The number of nitro groups is 1. The van der Waals surface area contributed by atoms with Crippen molar-refractivity contribution in [2.24, 2.45) is 0 Å². The highest BCUT2D eigenvalue weighted by atomic mass is 32.2. The number of ether oxygens (including phenoxy) is 2. The summed E-state index contributed by atoms with van der Waals surface area (Å²) >= 11 is 1.50. The third-order valence-electron chi connectivity index (χ3n) is 1.93. The second-order valence-electron chi connectivity index (χ2n) is 3.12. The van der Waals surface area contributed by atoms with Crippen LogP contribution in [0.4, 0.5) is 5.69 Å². The molecule has 0 N–H and O–H groups in total. The Morgan fingerprint density at radius 2 is 1.88 bits per heavy atom. The molecular formula is C11H15NO4S. The zero-order valence-corrected chi connectivity index (χ0v) is 10.4. The summed E-state index contributed by atoms with van der Waals surface area (Å²) in [5, 5.41) is 10.4. The van der Waals surface area contributed by atoms with Crippen LogP contribution in [0.1, 0.15) is 6.92 Å². The van der Waals surface area contributed by atoms with Gasteiger partial charge in [-0.3, -0.25) is 10.1 Å². The molecule has 1 aromatic rings. The summed E-state index contributed by atoms with van der Waals surface area (Å²) in [7, 11) is 0. The highest BCUT2D eigenvalue weighted by Gasteiger charge is 2.03. The SMILES string of the molecule is CCOCCOCSc1ccc([N+](=O)[O-])cc1. The fourth-order valence-electron chi connectivity index (χ4n) is 1.09. The fourth-order valence-corrected chi connectivity index (χ4v) is 1.76. The van der Waals surface area contributed by atoms with Crippen LogP contribution in [0.2, 0.25) is 0 Å². The first-order chi connectivity index (χ1) is 8.24. The van der Waals surface area contributed by atoms with Gasteiger partial charge in [-0.25, -0.2) is 0 Å². The average molecular weight is 257 g/mol. The number of nitro benzene ring substituents is 1. The van der Waals surface area contributed by atoms with E-state index in [1.807, 2.05) is 6.92 Å². The molecule has 0 aliphatic heterocycles. The minimum atomic E-state index is -0.410. The number of nitrogens with zero attached hydrogens (tertiary/aromatic N) is 1. The van der Waals surface area contributed by atoms with Crippen molar-refractivity contribution in [1.82, 2.24) is 0 Å². The molecule has 1 rings (SSSR count). The summed E-state index contributed by atoms with van der Waals surface area (Å²) in [6.07, 6.45) is 0. The molecule has 0 heterocycles. The Balaban J connectivity index is 2.21. The van der Waals surface area contributed by atoms with Crippen LogP contribution >= 0.6 is 11.8 Å². The molecular weight excluding hydrogens is 242 g/mol. The zero-order valence-electron chi connectivity index (χ0n) is 9.63. The summed E-state index contributed by atoms with van der Waals surface area (Å²) < 4.78 is 10.4. The van der Waals surface area contributed by atoms with Crippen LogP contribution in [-0.2, 0) is 9.47 Å². The largest absolute Gasteiger partial charge is 0.379 e. The van der Waals surface area contributed by atoms with Gasteiger partial charge in [-0.15, -0.1) is 0 Å². The van der Waals surface area contributed by atoms with Gasteiger partial charge in [0.15, 0.2) is 0 Å². The lowest BCUT2D eigenvalue weighted by Gasteiger charge is -2.04. The minimum Gasteiger partial charge on any atom is -0.379 e. The van der Waals surface area contributed by atoms with Gasteiger partial charge in [0.25, 0.3) is 5.69 Å². The summed E-state index contributed by atoms with van der Waals surface area (Å²) in [5.74, 6) is 0.519. The van der Waals surface area contributed by atoms with E-state index in [1.54, 1.807) is 12.1 Å². The van der Waals surface area contributed by atoms with Crippen LogP contribution in [0, 0.1) is 10.1 Å². The molecule has 0 spiro atoms. The van der Waals surface area contributed by atoms with Gasteiger partial charge in [0.1, 0.15) is 0 Å². The topological polar surface area (TPSA) is 61.6 Å². The van der Waals surface area contributed by atoms with E-state index in [-0.39, 0.29) is 5.69 Å². The van der Waals surface area contributed by atoms with Crippen molar-refractivity contribution in [3.8, 4) is 0 Å². The lowest BCUT2D eigenvalue weighted by molar-refractivity contribution is -0.384. The smallest absolute Gasteiger partial charge is 0.269 e. The van der Waals surface area contributed by atoms with E-state index in [4.69, 9.17) is 9.47 Å². The molecule has 0 aliphatic carbocycles. The van der Waals surface area contributed by atoms with Crippen molar-refractivity contribution in [3.05, 3.63) is 34.4 Å². The summed E-state index contributed by atoms with van der Waals surface area (Å²) in [4.78, 5) is 11.0. The maximum Gasteiger partial charge on any atom is 0.269 e. The Hall–Kier alpha value is -1.11. The van der Waals surface area contributed by atoms with Gasteiger partial charge in [-0.1, -0.05) is 11.8 Å². The second kappa shape index (κ2) is 8.05. The molecule has 0 unspecified atom stereocenters. The van der Waals surface area contributed by atoms with E-state index in [9.17, 15) is 10.1 Å². The van der Waals surface area contributed by atoms with E-state index in [1.165, 1.54) is 23.9 Å². The van der Waals surface area contributed by atoms with Crippen LogP contribution in [0.25, 0.3) is 0 Å². The second-order valence-corrected chi connectivity index (χ2v) is 4.11. The Bertz CT molecular complexity index is 342. The van der Waals surface area contributed by atoms with Gasteiger partial charge >= 0.3 is 0 Å². The molecule has 0 saturated carbocycles. The maximum atomic E-state index is 10.4. The average Bonchev–Trinajstić information content (AvgIpc) is 2.34. The van der Waals surface area contributed by atoms with Gasteiger partial charge in [-0.05, 0) is 19.1 Å². The molecule has 5 nitrogen and oxygen atoms in total. The van der Waals surface area contributed by atoms with Crippen LogP contribution in [-0.4, -0.2) is 30.7 Å². The number of hydrogen-bond acceptors (Lipinski definition) is 5. The van der Waals surface area contributed by atoms with Crippen molar-refractivity contribution < 1.29 is 14.4 Å². The van der Waals surface area contributed by atoms with Crippen molar-refractivity contribution in [2.45, 2.75) is 11.8 Å². The van der Waals surface area contributed by atoms with Gasteiger partial charge in [-0.2, -0.15) is 0 Å². The first-order valence-corrected chi connectivity index (χ1v) is 6.25. The molecule has 0 radical (unpaired) electrons. The number of hydrogen-bond donors (Lipinski definition) is 0. The van der Waals surface area contributed by atoms with E-state index in [0.29, 0.717) is 25.8 Å². The van der Waals surface area contributed by atoms with E-state index in [2.05, 4.69) is 0 Å². The predicted molar refractivity (Wildman–Crippen MR) is 66.3 cm³/mol. The highest BCUT2D eigenvalue weighted by molar-refractivity contribution is 7.99. The van der Waals surface area contributed by atoms with Crippen molar-refractivity contribution in [2.75, 3.05) is 25.8 Å². The minimum absolute atomic E-state index is 0.103. The van der Waals surface area contributed by atoms with E-state index >= 15 is 0 Å². The normalized spacial score (nSPS) is 10.4. The molecule has 0 atom stereocenters. The highest BCUT2D eigenvalue weighted by Crippen LogP contribution is 2.21. The first kappa shape index (κ1) is 14.0. The van der Waals surface area contributed by atoms with Gasteiger partial charge in [0.05, 0.1) is 24.1 Å². The molecule has 6 heteroatoms. The van der Waals surface area contributed by atoms with Crippen LogP contribution < -0.4 is 0 Å². The van der Waals surface area contributed by atoms with Gasteiger partial charge in [0.2, 0.25) is 0 Å². The zero-order chi connectivity index (χ0) is 12.5. The van der Waals surface area contributed by atoms with Crippen LogP contribution in [0.5, 0.6) is 0 Å². The van der Waals surface area contributed by atoms with Crippen molar-refractivity contribution >= 4 is 17.4 Å². The predicted octanol–water partition coefficient (Wildman–Crippen LogP) is 2.70. The lowest BCUT2D eigenvalue weighted by Crippen LogP contribution is -2.03. The summed E-state index contributed by atoms with van der Waals surface area (Å²) in [6, 6.07) is 6.41. The Kier molecular flexibility index (Phi) is 6.61. The number of rotatable bonds is 8. The lowest BCUT2D eigenvalue weighted by atomic mass is 10.3. The molecule has 94 valence electrons. The van der Waals surface area contributed by atoms with Crippen molar-refractivity contribution in [3.63, 3.8) is 0 Å². The number of benzene rings is 1. The van der Waals surface area contributed by atoms with Crippen LogP contribution in [0.15, 0.2) is 29.2 Å². The molecule has 0 bridgehead atoms. The number of thioether (sulfide) groups is 1. The third-order valence-corrected chi connectivity index (χ3v) is 2.82. The Morgan fingerprint density at radius 1 is 1.24 bits per heavy atom. The Labute approximate surface area is 104 Å². The molecule has 0 aliphatic rings. The van der Waals surface area contributed by atoms with Gasteiger partial charge in [0, 0.05) is 23.6 Å². The molecule has 0 fully saturated rings. The molecule has 0 aromatic heterocycles.